The van der Waals surface area contributed by atoms with Gasteiger partial charge in [-0.3, -0.25) is 14.5 Å². The van der Waals surface area contributed by atoms with E-state index in [1.807, 2.05) is 18.7 Å². The summed E-state index contributed by atoms with van der Waals surface area (Å²) in [5, 5.41) is 11.8. The molecule has 1 rings (SSSR count). The van der Waals surface area contributed by atoms with Crippen molar-refractivity contribution in [3.8, 4) is 0 Å². The fourth-order valence-corrected chi connectivity index (χ4v) is 2.33. The molecule has 0 aromatic carbocycles. The minimum Gasteiger partial charge on any atom is -0.481 e. The Morgan fingerprint density at radius 2 is 2.17 bits per heavy atom. The van der Waals surface area contributed by atoms with E-state index < -0.39 is 5.97 Å². The molecule has 1 amide bonds. The van der Waals surface area contributed by atoms with Gasteiger partial charge in [-0.1, -0.05) is 6.92 Å². The lowest BCUT2D eigenvalue weighted by Crippen LogP contribution is -2.42. The highest BCUT2D eigenvalue weighted by molar-refractivity contribution is 5.78. The van der Waals surface area contributed by atoms with Crippen LogP contribution in [0.15, 0.2) is 0 Å². The number of hydrogen-bond donors (Lipinski definition) is 2. The molecule has 6 nitrogen and oxygen atoms in total. The predicted molar refractivity (Wildman–Crippen MR) is 66.2 cm³/mol. The van der Waals surface area contributed by atoms with E-state index in [9.17, 15) is 9.59 Å². The summed E-state index contributed by atoms with van der Waals surface area (Å²) in [4.78, 5) is 24.6. The Hall–Kier alpha value is -1.14. The van der Waals surface area contributed by atoms with Gasteiger partial charge in [-0.15, -0.1) is 0 Å². The Bertz CT molecular complexity index is 308. The molecule has 3 atom stereocenters. The zero-order chi connectivity index (χ0) is 13.7. The number of likely N-dealkylation sites (tertiary alicyclic amines) is 1. The Kier molecular flexibility index (Phi) is 5.55. The summed E-state index contributed by atoms with van der Waals surface area (Å²) < 4.78 is 4.93. The molecule has 104 valence electrons. The SMILES string of the molecule is COCC(C)NC(=O)CN1CC(C)C(C(=O)O)C1. The number of amides is 1. The first-order chi connectivity index (χ1) is 8.43. The second-order valence-electron chi connectivity index (χ2n) is 5.04. The Morgan fingerprint density at radius 3 is 2.67 bits per heavy atom. The van der Waals surface area contributed by atoms with Crippen molar-refractivity contribution in [1.82, 2.24) is 10.2 Å². The van der Waals surface area contributed by atoms with Crippen LogP contribution in [0.5, 0.6) is 0 Å². The highest BCUT2D eigenvalue weighted by Gasteiger charge is 2.35. The summed E-state index contributed by atoms with van der Waals surface area (Å²) in [6.45, 7) is 5.60. The van der Waals surface area contributed by atoms with Crippen LogP contribution in [0.4, 0.5) is 0 Å². The summed E-state index contributed by atoms with van der Waals surface area (Å²) in [6, 6.07) is -0.0298. The van der Waals surface area contributed by atoms with Gasteiger partial charge in [0, 0.05) is 26.2 Å². The van der Waals surface area contributed by atoms with Crippen LogP contribution in [0.3, 0.4) is 0 Å². The molecular formula is C12H22N2O4. The average molecular weight is 258 g/mol. The molecule has 0 aromatic rings. The topological polar surface area (TPSA) is 78.9 Å². The maximum absolute atomic E-state index is 11.7. The van der Waals surface area contributed by atoms with E-state index in [-0.39, 0.29) is 30.3 Å². The standard InChI is InChI=1S/C12H22N2O4/c1-8-4-14(5-10(8)12(16)17)6-11(15)13-9(2)7-18-3/h8-10H,4-7H2,1-3H3,(H,13,15)(H,16,17). The number of aliphatic carboxylic acids is 1. The van der Waals surface area contributed by atoms with Gasteiger partial charge in [0.15, 0.2) is 0 Å². The van der Waals surface area contributed by atoms with Crippen LogP contribution in [0.2, 0.25) is 0 Å². The second-order valence-corrected chi connectivity index (χ2v) is 5.04. The van der Waals surface area contributed by atoms with Crippen molar-refractivity contribution in [3.63, 3.8) is 0 Å². The number of carbonyl (C=O) groups is 2. The van der Waals surface area contributed by atoms with Crippen molar-refractivity contribution in [2.24, 2.45) is 11.8 Å². The zero-order valence-electron chi connectivity index (χ0n) is 11.2. The molecule has 0 saturated carbocycles. The molecule has 0 spiro atoms. The van der Waals surface area contributed by atoms with Crippen molar-refractivity contribution in [2.75, 3.05) is 33.4 Å². The summed E-state index contributed by atoms with van der Waals surface area (Å²) in [6.07, 6.45) is 0. The highest BCUT2D eigenvalue weighted by atomic mass is 16.5. The molecule has 2 N–H and O–H groups in total. The van der Waals surface area contributed by atoms with E-state index in [4.69, 9.17) is 9.84 Å². The molecule has 6 heteroatoms. The Morgan fingerprint density at radius 1 is 1.50 bits per heavy atom. The highest BCUT2D eigenvalue weighted by Crippen LogP contribution is 2.22. The number of nitrogens with zero attached hydrogens (tertiary/aromatic N) is 1. The molecule has 3 unspecified atom stereocenters. The molecular weight excluding hydrogens is 236 g/mol. The second kappa shape index (κ2) is 6.70. The molecule has 1 saturated heterocycles. The van der Waals surface area contributed by atoms with Crippen molar-refractivity contribution in [3.05, 3.63) is 0 Å². The van der Waals surface area contributed by atoms with Crippen LogP contribution < -0.4 is 5.32 Å². The molecule has 1 heterocycles. The van der Waals surface area contributed by atoms with E-state index in [1.54, 1.807) is 7.11 Å². The fraction of sp³-hybridized carbons (Fsp3) is 0.833. The van der Waals surface area contributed by atoms with Gasteiger partial charge in [0.25, 0.3) is 0 Å². The molecule has 0 bridgehead atoms. The van der Waals surface area contributed by atoms with Crippen molar-refractivity contribution in [1.29, 1.82) is 0 Å². The van der Waals surface area contributed by atoms with Crippen molar-refractivity contribution in [2.45, 2.75) is 19.9 Å². The number of carboxylic acids is 1. The number of methoxy groups -OCH3 is 1. The van der Waals surface area contributed by atoms with Gasteiger partial charge in [0.2, 0.25) is 5.91 Å². The number of carbonyl (C=O) groups excluding carboxylic acids is 1. The lowest BCUT2D eigenvalue weighted by atomic mass is 9.99. The van der Waals surface area contributed by atoms with E-state index >= 15 is 0 Å². The normalized spacial score (nSPS) is 25.9. The minimum absolute atomic E-state index is 0.0298. The predicted octanol–water partition coefficient (Wildman–Crippen LogP) is -0.210. The van der Waals surface area contributed by atoms with Gasteiger partial charge in [-0.05, 0) is 12.8 Å². The summed E-state index contributed by atoms with van der Waals surface area (Å²) in [7, 11) is 1.59. The first-order valence-corrected chi connectivity index (χ1v) is 6.17. The van der Waals surface area contributed by atoms with Gasteiger partial charge in [-0.2, -0.15) is 0 Å². The number of hydrogen-bond acceptors (Lipinski definition) is 4. The zero-order valence-corrected chi connectivity index (χ0v) is 11.2. The van der Waals surface area contributed by atoms with Gasteiger partial charge in [0.05, 0.1) is 19.1 Å². The maximum atomic E-state index is 11.7. The van der Waals surface area contributed by atoms with Crippen molar-refractivity contribution >= 4 is 11.9 Å². The van der Waals surface area contributed by atoms with Gasteiger partial charge in [-0.25, -0.2) is 0 Å². The third kappa shape index (κ3) is 4.27. The third-order valence-electron chi connectivity index (χ3n) is 3.20. The smallest absolute Gasteiger partial charge is 0.308 e. The van der Waals surface area contributed by atoms with E-state index in [0.717, 1.165) is 0 Å². The number of ether oxygens (including phenoxy) is 1. The monoisotopic (exact) mass is 258 g/mol. The Balaban J connectivity index is 2.36. The molecule has 1 aliphatic rings. The Labute approximate surface area is 107 Å². The quantitative estimate of drug-likeness (QED) is 0.689. The average Bonchev–Trinajstić information content (AvgIpc) is 2.59. The van der Waals surface area contributed by atoms with Crippen LogP contribution >= 0.6 is 0 Å². The third-order valence-corrected chi connectivity index (χ3v) is 3.20. The number of carboxylic acid groups (broad SMARTS) is 1. The fourth-order valence-electron chi connectivity index (χ4n) is 2.33. The largest absolute Gasteiger partial charge is 0.481 e. The molecule has 0 radical (unpaired) electrons. The first-order valence-electron chi connectivity index (χ1n) is 6.17. The van der Waals surface area contributed by atoms with Gasteiger partial charge >= 0.3 is 5.97 Å². The number of nitrogens with one attached hydrogen (secondary N) is 1. The lowest BCUT2D eigenvalue weighted by Gasteiger charge is -2.17. The molecule has 0 aromatic heterocycles. The van der Waals surface area contributed by atoms with Gasteiger partial charge < -0.3 is 15.2 Å². The van der Waals surface area contributed by atoms with Crippen molar-refractivity contribution < 1.29 is 19.4 Å². The van der Waals surface area contributed by atoms with Crippen LogP contribution in [-0.2, 0) is 14.3 Å². The number of rotatable bonds is 6. The lowest BCUT2D eigenvalue weighted by molar-refractivity contribution is -0.142. The van der Waals surface area contributed by atoms with Crippen LogP contribution in [0.1, 0.15) is 13.8 Å². The van der Waals surface area contributed by atoms with E-state index in [0.29, 0.717) is 19.7 Å². The minimum atomic E-state index is -0.779. The van der Waals surface area contributed by atoms with Crippen LogP contribution in [0.25, 0.3) is 0 Å². The maximum Gasteiger partial charge on any atom is 0.308 e. The van der Waals surface area contributed by atoms with E-state index in [2.05, 4.69) is 5.32 Å². The summed E-state index contributed by atoms with van der Waals surface area (Å²) in [5.74, 6) is -1.14. The molecule has 1 fully saturated rings. The summed E-state index contributed by atoms with van der Waals surface area (Å²) >= 11 is 0. The van der Waals surface area contributed by atoms with E-state index in [1.165, 1.54) is 0 Å². The molecule has 18 heavy (non-hydrogen) atoms. The van der Waals surface area contributed by atoms with Gasteiger partial charge in [0.1, 0.15) is 0 Å². The molecule has 1 aliphatic heterocycles. The van der Waals surface area contributed by atoms with Crippen LogP contribution in [0, 0.1) is 11.8 Å². The summed E-state index contributed by atoms with van der Waals surface area (Å²) in [5.41, 5.74) is 0. The van der Waals surface area contributed by atoms with Crippen LogP contribution in [-0.4, -0.2) is 61.3 Å². The first kappa shape index (κ1) is 14.9. The molecule has 0 aliphatic carbocycles.